The van der Waals surface area contributed by atoms with E-state index in [-0.39, 0.29) is 5.92 Å². The molecule has 0 aliphatic carbocycles. The third-order valence-electron chi connectivity index (χ3n) is 2.64. The second kappa shape index (κ2) is 6.03. The summed E-state index contributed by atoms with van der Waals surface area (Å²) in [5, 5.41) is 0. The summed E-state index contributed by atoms with van der Waals surface area (Å²) in [4.78, 5) is 35.2. The van der Waals surface area contributed by atoms with E-state index in [1.807, 2.05) is 13.8 Å². The Labute approximate surface area is 106 Å². The molecule has 0 bridgehead atoms. The van der Waals surface area contributed by atoms with Gasteiger partial charge in [-0.05, 0) is 19.3 Å². The number of carbonyl (C=O) groups excluding carboxylic acids is 3. The molecular weight excluding hydrogens is 236 g/mol. The molecule has 0 spiro atoms. The van der Waals surface area contributed by atoms with Gasteiger partial charge in [0, 0.05) is 0 Å². The van der Waals surface area contributed by atoms with Gasteiger partial charge < -0.3 is 22.9 Å². The van der Waals surface area contributed by atoms with Crippen molar-refractivity contribution in [2.45, 2.75) is 44.8 Å². The number of hydrogen-bond donors (Lipinski definition) is 4. The monoisotopic (exact) mass is 258 g/mol. The highest BCUT2D eigenvalue weighted by Gasteiger charge is 2.50. The van der Waals surface area contributed by atoms with Crippen LogP contribution >= 0.6 is 0 Å². The van der Waals surface area contributed by atoms with Gasteiger partial charge in [0.05, 0.1) is 12.1 Å². The lowest BCUT2D eigenvalue weighted by Gasteiger charge is -2.27. The summed E-state index contributed by atoms with van der Waals surface area (Å²) in [6, 6.07) is -2.09. The first kappa shape index (κ1) is 16.7. The second-order valence-electron chi connectivity index (χ2n) is 4.93. The molecule has 8 N–H and O–H groups in total. The third-order valence-corrected chi connectivity index (χ3v) is 2.64. The minimum absolute atomic E-state index is 0.117. The van der Waals surface area contributed by atoms with Crippen LogP contribution in [0.2, 0.25) is 0 Å². The van der Waals surface area contributed by atoms with Gasteiger partial charge in [0.2, 0.25) is 5.54 Å². The number of primary amides is 1. The fraction of sp³-hybridized carbons (Fsp3) is 0.727. The number of amides is 1. The average Bonchev–Trinajstić information content (AvgIpc) is 2.24. The molecule has 7 nitrogen and oxygen atoms in total. The highest BCUT2D eigenvalue weighted by molar-refractivity contribution is 6.30. The Morgan fingerprint density at radius 2 is 1.50 bits per heavy atom. The summed E-state index contributed by atoms with van der Waals surface area (Å²) >= 11 is 0. The molecule has 0 saturated heterocycles. The minimum Gasteiger partial charge on any atom is -0.367 e. The van der Waals surface area contributed by atoms with Gasteiger partial charge in [-0.3, -0.25) is 14.4 Å². The van der Waals surface area contributed by atoms with E-state index >= 15 is 0 Å². The first-order valence-electron chi connectivity index (χ1n) is 5.73. The second-order valence-corrected chi connectivity index (χ2v) is 4.93. The largest absolute Gasteiger partial charge is 0.367 e. The average molecular weight is 258 g/mol. The smallest absolute Gasteiger partial charge is 0.253 e. The molecule has 7 heteroatoms. The van der Waals surface area contributed by atoms with Gasteiger partial charge in [0.15, 0.2) is 11.6 Å². The predicted octanol–water partition coefficient (Wildman–Crippen LogP) is -1.97. The van der Waals surface area contributed by atoms with Crippen LogP contribution in [-0.2, 0) is 14.4 Å². The predicted molar refractivity (Wildman–Crippen MR) is 67.2 cm³/mol. The van der Waals surface area contributed by atoms with Gasteiger partial charge in [-0.1, -0.05) is 13.8 Å². The molecule has 0 aromatic rings. The van der Waals surface area contributed by atoms with Crippen LogP contribution in [0.25, 0.3) is 0 Å². The topological polar surface area (TPSA) is 155 Å². The van der Waals surface area contributed by atoms with Crippen molar-refractivity contribution >= 4 is 17.5 Å². The van der Waals surface area contributed by atoms with Crippen LogP contribution in [0.3, 0.4) is 0 Å². The van der Waals surface area contributed by atoms with E-state index < -0.39 is 35.1 Å². The molecule has 104 valence electrons. The van der Waals surface area contributed by atoms with Crippen LogP contribution in [0, 0.1) is 5.92 Å². The highest BCUT2D eigenvalue weighted by atomic mass is 16.2. The van der Waals surface area contributed by atoms with E-state index in [4.69, 9.17) is 22.9 Å². The molecule has 0 radical (unpaired) electrons. The maximum Gasteiger partial charge on any atom is 0.253 e. The van der Waals surface area contributed by atoms with Gasteiger partial charge in [-0.2, -0.15) is 0 Å². The van der Waals surface area contributed by atoms with Crippen LogP contribution in [0.15, 0.2) is 0 Å². The standard InChI is InChI=1S/C11H22N4O3/c1-5(2)4-7(13)9(17)11(15,10(14)18)8(16)6(3)12/h5-7H,4,12-13,15H2,1-3H3,(H2,14,18). The van der Waals surface area contributed by atoms with Crippen LogP contribution in [0.5, 0.6) is 0 Å². The first-order chi connectivity index (χ1) is 8.05. The Morgan fingerprint density at radius 3 is 1.78 bits per heavy atom. The van der Waals surface area contributed by atoms with Crippen molar-refractivity contribution < 1.29 is 14.4 Å². The Morgan fingerprint density at radius 1 is 1.06 bits per heavy atom. The zero-order valence-corrected chi connectivity index (χ0v) is 11.0. The van der Waals surface area contributed by atoms with Crippen molar-refractivity contribution in [1.29, 1.82) is 0 Å². The normalized spacial score (nSPS) is 17.9. The molecular formula is C11H22N4O3. The fourth-order valence-electron chi connectivity index (χ4n) is 1.63. The van der Waals surface area contributed by atoms with E-state index in [0.717, 1.165) is 0 Å². The molecule has 0 aromatic carbocycles. The van der Waals surface area contributed by atoms with Crippen molar-refractivity contribution in [3.8, 4) is 0 Å². The molecule has 18 heavy (non-hydrogen) atoms. The number of rotatable bonds is 7. The molecule has 0 aliphatic heterocycles. The quantitative estimate of drug-likeness (QED) is 0.388. The fourth-order valence-corrected chi connectivity index (χ4v) is 1.63. The van der Waals surface area contributed by atoms with E-state index in [2.05, 4.69) is 0 Å². The van der Waals surface area contributed by atoms with E-state index in [1.54, 1.807) is 0 Å². The zero-order valence-electron chi connectivity index (χ0n) is 11.0. The summed E-state index contributed by atoms with van der Waals surface area (Å²) in [6.07, 6.45) is 0.303. The van der Waals surface area contributed by atoms with Gasteiger partial charge in [0.25, 0.3) is 5.91 Å². The van der Waals surface area contributed by atoms with Crippen LogP contribution in [-0.4, -0.2) is 35.1 Å². The van der Waals surface area contributed by atoms with Crippen molar-refractivity contribution in [3.05, 3.63) is 0 Å². The van der Waals surface area contributed by atoms with Crippen molar-refractivity contribution in [2.75, 3.05) is 0 Å². The summed E-state index contributed by atoms with van der Waals surface area (Å²) in [5.41, 5.74) is 19.2. The van der Waals surface area contributed by atoms with Crippen molar-refractivity contribution in [2.24, 2.45) is 28.9 Å². The van der Waals surface area contributed by atoms with Gasteiger partial charge in [-0.15, -0.1) is 0 Å². The molecule has 0 aliphatic rings. The highest BCUT2D eigenvalue weighted by Crippen LogP contribution is 2.13. The van der Waals surface area contributed by atoms with Gasteiger partial charge in [-0.25, -0.2) is 0 Å². The van der Waals surface area contributed by atoms with Crippen molar-refractivity contribution in [3.63, 3.8) is 0 Å². The maximum absolute atomic E-state index is 12.1. The Kier molecular flexibility index (Phi) is 5.59. The van der Waals surface area contributed by atoms with E-state index in [0.29, 0.717) is 6.42 Å². The summed E-state index contributed by atoms with van der Waals surface area (Å²) in [5.74, 6) is -2.91. The van der Waals surface area contributed by atoms with Gasteiger partial charge in [0.1, 0.15) is 0 Å². The molecule has 0 fully saturated rings. The van der Waals surface area contributed by atoms with E-state index in [1.165, 1.54) is 6.92 Å². The SMILES string of the molecule is CC(C)CC(N)C(=O)C(N)(C(N)=O)C(=O)C(C)N. The molecule has 1 amide bonds. The number of Topliss-reactive ketones (excluding diaryl/α,β-unsaturated/α-hetero) is 2. The van der Waals surface area contributed by atoms with Crippen LogP contribution in [0.1, 0.15) is 27.2 Å². The molecule has 0 saturated carbocycles. The molecule has 0 aromatic heterocycles. The molecule has 3 unspecified atom stereocenters. The maximum atomic E-state index is 12.1. The van der Waals surface area contributed by atoms with Crippen LogP contribution < -0.4 is 22.9 Å². The molecule has 3 atom stereocenters. The summed E-state index contributed by atoms with van der Waals surface area (Å²) in [6.45, 7) is 5.03. The van der Waals surface area contributed by atoms with Gasteiger partial charge >= 0.3 is 0 Å². The molecule has 0 heterocycles. The zero-order chi connectivity index (χ0) is 14.7. The Bertz CT molecular complexity index is 354. The lowest BCUT2D eigenvalue weighted by molar-refractivity contribution is -0.143. The van der Waals surface area contributed by atoms with Crippen LogP contribution in [0.4, 0.5) is 0 Å². The Hall–Kier alpha value is -1.31. The summed E-state index contributed by atoms with van der Waals surface area (Å²) in [7, 11) is 0. The Balaban J connectivity index is 5.31. The lowest BCUT2D eigenvalue weighted by atomic mass is 9.81. The lowest BCUT2D eigenvalue weighted by Crippen LogP contribution is -2.70. The third kappa shape index (κ3) is 3.34. The summed E-state index contributed by atoms with van der Waals surface area (Å²) < 4.78 is 0. The number of carbonyl (C=O) groups is 3. The molecule has 0 rings (SSSR count). The number of ketones is 2. The van der Waals surface area contributed by atoms with Crippen molar-refractivity contribution in [1.82, 2.24) is 0 Å². The van der Waals surface area contributed by atoms with E-state index in [9.17, 15) is 14.4 Å². The first-order valence-corrected chi connectivity index (χ1v) is 5.73. The number of nitrogens with two attached hydrogens (primary N) is 4. The number of hydrogen-bond acceptors (Lipinski definition) is 6. The minimum atomic E-state index is -2.44.